The van der Waals surface area contributed by atoms with Crippen molar-refractivity contribution in [1.82, 2.24) is 5.16 Å². The number of rotatable bonds is 3. The molecule has 2 heterocycles. The number of aliphatic hydroxyl groups excluding tert-OH is 1. The monoisotopic (exact) mass is 410 g/mol. The van der Waals surface area contributed by atoms with Gasteiger partial charge in [0, 0.05) is 34.8 Å². The molecule has 3 aromatic rings. The van der Waals surface area contributed by atoms with E-state index < -0.39 is 0 Å². The summed E-state index contributed by atoms with van der Waals surface area (Å²) < 4.78 is 11.3. The van der Waals surface area contributed by atoms with Crippen molar-refractivity contribution in [2.45, 2.75) is 37.8 Å². The first kappa shape index (κ1) is 18.5. The van der Waals surface area contributed by atoms with Gasteiger partial charge in [0.05, 0.1) is 19.3 Å². The van der Waals surface area contributed by atoms with Crippen LogP contribution in [0.4, 0.5) is 5.69 Å². The van der Waals surface area contributed by atoms with Crippen LogP contribution in [0.15, 0.2) is 47.0 Å². The number of hydrogen-bond acceptors (Lipinski definition) is 5. The first-order valence-electron chi connectivity index (χ1n) is 10.00. The second kappa shape index (κ2) is 7.39. The Balaban J connectivity index is 1.56. The molecule has 0 spiro atoms. The van der Waals surface area contributed by atoms with Crippen molar-refractivity contribution in [3.63, 3.8) is 0 Å². The number of fused-ring (bicyclic) bond motifs is 3. The molecule has 1 fully saturated rings. The van der Waals surface area contributed by atoms with Gasteiger partial charge in [0.15, 0.2) is 5.76 Å². The summed E-state index contributed by atoms with van der Waals surface area (Å²) in [5.41, 5.74) is 5.46. The standard InChI is InChI=1S/C23H23ClN2O3/c1-28-18-8-2-14-3-9-19-22(20(14)13-18)25-29-23(19)21-12-17(27)10-11-26(21)16-6-4-15(24)5-7-16/h2,4-8,13,17,21,27H,3,9-12H2,1H3. The number of halogens is 1. The number of nitrogens with zero attached hydrogens (tertiary/aromatic N) is 2. The fraction of sp³-hybridized carbons (Fsp3) is 0.348. The van der Waals surface area contributed by atoms with Gasteiger partial charge in [0.1, 0.15) is 11.4 Å². The Labute approximate surface area is 174 Å². The topological polar surface area (TPSA) is 58.7 Å². The molecule has 0 amide bonds. The molecule has 1 aliphatic carbocycles. The predicted octanol–water partition coefficient (Wildman–Crippen LogP) is 4.80. The summed E-state index contributed by atoms with van der Waals surface area (Å²) in [5, 5.41) is 15.6. The zero-order valence-corrected chi connectivity index (χ0v) is 17.0. The van der Waals surface area contributed by atoms with E-state index in [1.54, 1.807) is 7.11 Å². The van der Waals surface area contributed by atoms with E-state index in [1.807, 2.05) is 36.4 Å². The van der Waals surface area contributed by atoms with Crippen LogP contribution in [0, 0.1) is 0 Å². The van der Waals surface area contributed by atoms with Gasteiger partial charge in [-0.3, -0.25) is 0 Å². The fourth-order valence-corrected chi connectivity index (χ4v) is 4.68. The Morgan fingerprint density at radius 2 is 2.00 bits per heavy atom. The summed E-state index contributed by atoms with van der Waals surface area (Å²) in [4.78, 5) is 2.30. The van der Waals surface area contributed by atoms with Crippen molar-refractivity contribution in [1.29, 1.82) is 0 Å². The quantitative estimate of drug-likeness (QED) is 0.671. The Morgan fingerprint density at radius 1 is 1.17 bits per heavy atom. The lowest BCUT2D eigenvalue weighted by molar-refractivity contribution is 0.121. The summed E-state index contributed by atoms with van der Waals surface area (Å²) in [6.45, 7) is 0.757. The maximum Gasteiger partial charge on any atom is 0.163 e. The minimum atomic E-state index is -0.347. The van der Waals surface area contributed by atoms with E-state index in [-0.39, 0.29) is 12.1 Å². The molecule has 1 aromatic heterocycles. The van der Waals surface area contributed by atoms with Gasteiger partial charge >= 0.3 is 0 Å². The summed E-state index contributed by atoms with van der Waals surface area (Å²) in [6, 6.07) is 13.9. The van der Waals surface area contributed by atoms with E-state index in [9.17, 15) is 5.11 Å². The summed E-state index contributed by atoms with van der Waals surface area (Å²) in [7, 11) is 1.67. The van der Waals surface area contributed by atoms with Crippen LogP contribution in [0.1, 0.15) is 35.8 Å². The molecule has 2 atom stereocenters. The van der Waals surface area contributed by atoms with Crippen LogP contribution in [0.25, 0.3) is 11.3 Å². The molecular formula is C23H23ClN2O3. The summed E-state index contributed by atoms with van der Waals surface area (Å²) in [5.74, 6) is 1.68. The number of aliphatic hydroxyl groups is 1. The van der Waals surface area contributed by atoms with E-state index in [0.717, 1.165) is 59.8 Å². The maximum atomic E-state index is 10.4. The minimum absolute atomic E-state index is 0.0525. The van der Waals surface area contributed by atoms with Gasteiger partial charge in [0.2, 0.25) is 0 Å². The van der Waals surface area contributed by atoms with E-state index in [4.69, 9.17) is 20.9 Å². The highest BCUT2D eigenvalue weighted by atomic mass is 35.5. The highest BCUT2D eigenvalue weighted by Crippen LogP contribution is 2.43. The molecule has 0 bridgehead atoms. The third-order valence-corrected chi connectivity index (χ3v) is 6.32. The normalized spacial score (nSPS) is 20.9. The Hall–Kier alpha value is -2.50. The average molecular weight is 411 g/mol. The molecule has 2 aliphatic rings. The lowest BCUT2D eigenvalue weighted by Gasteiger charge is -2.38. The molecule has 2 unspecified atom stereocenters. The number of ether oxygens (including phenoxy) is 1. The second-order valence-corrected chi connectivity index (χ2v) is 8.20. The molecule has 5 rings (SSSR count). The lowest BCUT2D eigenvalue weighted by atomic mass is 9.86. The molecule has 2 aromatic carbocycles. The van der Waals surface area contributed by atoms with E-state index in [2.05, 4.69) is 16.1 Å². The van der Waals surface area contributed by atoms with Crippen LogP contribution in [-0.2, 0) is 12.8 Å². The van der Waals surface area contributed by atoms with Crippen LogP contribution >= 0.6 is 11.6 Å². The molecular weight excluding hydrogens is 388 g/mol. The molecule has 150 valence electrons. The van der Waals surface area contributed by atoms with Gasteiger partial charge < -0.3 is 19.3 Å². The lowest BCUT2D eigenvalue weighted by Crippen LogP contribution is -2.39. The van der Waals surface area contributed by atoms with Crippen LogP contribution in [0.5, 0.6) is 5.75 Å². The van der Waals surface area contributed by atoms with E-state index in [0.29, 0.717) is 11.4 Å². The Kier molecular flexibility index (Phi) is 4.72. The third-order valence-electron chi connectivity index (χ3n) is 6.07. The van der Waals surface area contributed by atoms with Crippen LogP contribution < -0.4 is 9.64 Å². The zero-order valence-electron chi connectivity index (χ0n) is 16.3. The number of benzene rings is 2. The largest absolute Gasteiger partial charge is 0.497 e. The van der Waals surface area contributed by atoms with Crippen LogP contribution in [0.3, 0.4) is 0 Å². The number of methoxy groups -OCH3 is 1. The molecule has 1 saturated heterocycles. The highest BCUT2D eigenvalue weighted by molar-refractivity contribution is 6.30. The van der Waals surface area contributed by atoms with Crippen molar-refractivity contribution < 1.29 is 14.4 Å². The summed E-state index contributed by atoms with van der Waals surface area (Å²) >= 11 is 6.08. The second-order valence-electron chi connectivity index (χ2n) is 7.76. The van der Waals surface area contributed by atoms with Gasteiger partial charge in [0.25, 0.3) is 0 Å². The number of anilines is 1. The molecule has 6 heteroatoms. The van der Waals surface area contributed by atoms with Crippen molar-refractivity contribution in [2.75, 3.05) is 18.6 Å². The average Bonchev–Trinajstić information content (AvgIpc) is 3.18. The van der Waals surface area contributed by atoms with E-state index >= 15 is 0 Å². The Bertz CT molecular complexity index is 1030. The number of aryl methyl sites for hydroxylation is 1. The van der Waals surface area contributed by atoms with Gasteiger partial charge in [-0.25, -0.2) is 0 Å². The number of aromatic nitrogens is 1. The predicted molar refractivity (Wildman–Crippen MR) is 113 cm³/mol. The van der Waals surface area contributed by atoms with Gasteiger partial charge in [-0.05, 0) is 61.2 Å². The van der Waals surface area contributed by atoms with Crippen LogP contribution in [0.2, 0.25) is 5.02 Å². The molecule has 29 heavy (non-hydrogen) atoms. The molecule has 0 saturated carbocycles. The molecule has 5 nitrogen and oxygen atoms in total. The number of piperidine rings is 1. The first-order chi connectivity index (χ1) is 14.1. The molecule has 0 radical (unpaired) electrons. The highest BCUT2D eigenvalue weighted by Gasteiger charge is 2.36. The van der Waals surface area contributed by atoms with Crippen molar-refractivity contribution >= 4 is 17.3 Å². The molecule has 1 aliphatic heterocycles. The minimum Gasteiger partial charge on any atom is -0.497 e. The maximum absolute atomic E-state index is 10.4. The van der Waals surface area contributed by atoms with Gasteiger partial charge in [-0.15, -0.1) is 0 Å². The Morgan fingerprint density at radius 3 is 2.79 bits per heavy atom. The van der Waals surface area contributed by atoms with Gasteiger partial charge in [-0.1, -0.05) is 22.8 Å². The van der Waals surface area contributed by atoms with Crippen molar-refractivity contribution in [2.24, 2.45) is 0 Å². The van der Waals surface area contributed by atoms with Crippen molar-refractivity contribution in [3.8, 4) is 17.0 Å². The number of hydrogen-bond donors (Lipinski definition) is 1. The zero-order chi connectivity index (χ0) is 20.0. The summed E-state index contributed by atoms with van der Waals surface area (Å²) in [6.07, 6.45) is 2.83. The smallest absolute Gasteiger partial charge is 0.163 e. The third kappa shape index (κ3) is 3.28. The molecule has 1 N–H and O–H groups in total. The van der Waals surface area contributed by atoms with Crippen molar-refractivity contribution in [3.05, 3.63) is 64.4 Å². The SMILES string of the molecule is COc1ccc2c(c1)-c1noc(C3CC(O)CCN3c3ccc(Cl)cc3)c1CC2. The first-order valence-corrected chi connectivity index (χ1v) is 10.4. The fourth-order valence-electron chi connectivity index (χ4n) is 4.55. The van der Waals surface area contributed by atoms with Gasteiger partial charge in [-0.2, -0.15) is 0 Å². The van der Waals surface area contributed by atoms with E-state index in [1.165, 1.54) is 5.56 Å². The van der Waals surface area contributed by atoms with Crippen LogP contribution in [-0.4, -0.2) is 30.0 Å².